The molecule has 3 nitrogen and oxygen atoms in total. The molecule has 0 N–H and O–H groups in total. The molecule has 2 heterocycles. The molecule has 11 heavy (non-hydrogen) atoms. The van der Waals surface area contributed by atoms with Crippen LogP contribution in [0, 0.1) is 0 Å². The third kappa shape index (κ3) is 1.09. The largest absolute Gasteiger partial charge is 0.447 e. The molecule has 1 aromatic rings. The topological polar surface area (TPSA) is 29.5 Å². The standard InChI is InChI=1S/C7H7NO2S/c9-7-8(2-3-10-7)6-1-4-11-5-6/h1,4-5H,2-3H2. The van der Waals surface area contributed by atoms with Crippen molar-refractivity contribution >= 4 is 23.1 Å². The third-order valence-corrected chi connectivity index (χ3v) is 2.25. The van der Waals surface area contributed by atoms with Crippen LogP contribution in [0.4, 0.5) is 10.5 Å². The summed E-state index contributed by atoms with van der Waals surface area (Å²) in [6, 6.07) is 1.91. The molecule has 0 radical (unpaired) electrons. The number of rotatable bonds is 1. The fourth-order valence-corrected chi connectivity index (χ4v) is 1.68. The van der Waals surface area contributed by atoms with Crippen LogP contribution in [0.2, 0.25) is 0 Å². The van der Waals surface area contributed by atoms with Crippen LogP contribution in [0.1, 0.15) is 0 Å². The van der Waals surface area contributed by atoms with Gasteiger partial charge in [-0.1, -0.05) is 0 Å². The van der Waals surface area contributed by atoms with Gasteiger partial charge in [0.1, 0.15) is 6.61 Å². The van der Waals surface area contributed by atoms with Crippen LogP contribution in [0.5, 0.6) is 0 Å². The lowest BCUT2D eigenvalue weighted by molar-refractivity contribution is 0.181. The second-order valence-electron chi connectivity index (χ2n) is 2.25. The minimum absolute atomic E-state index is 0.233. The predicted molar refractivity (Wildman–Crippen MR) is 43.0 cm³/mol. The molecule has 1 aliphatic heterocycles. The monoisotopic (exact) mass is 169 g/mol. The Morgan fingerprint density at radius 1 is 1.64 bits per heavy atom. The number of nitrogens with zero attached hydrogens (tertiary/aromatic N) is 1. The quantitative estimate of drug-likeness (QED) is 0.640. The zero-order chi connectivity index (χ0) is 7.68. The van der Waals surface area contributed by atoms with Gasteiger partial charge in [0, 0.05) is 5.38 Å². The molecule has 4 heteroatoms. The van der Waals surface area contributed by atoms with Gasteiger partial charge in [-0.3, -0.25) is 4.90 Å². The first-order chi connectivity index (χ1) is 5.38. The highest BCUT2D eigenvalue weighted by atomic mass is 32.1. The number of anilines is 1. The third-order valence-electron chi connectivity index (χ3n) is 1.58. The van der Waals surface area contributed by atoms with Gasteiger partial charge < -0.3 is 4.74 Å². The van der Waals surface area contributed by atoms with Crippen LogP contribution in [0.15, 0.2) is 16.8 Å². The van der Waals surface area contributed by atoms with Gasteiger partial charge in [0.2, 0.25) is 0 Å². The Bertz CT molecular complexity index is 257. The number of carbonyl (C=O) groups excluding carboxylic acids is 1. The summed E-state index contributed by atoms with van der Waals surface area (Å²) >= 11 is 1.58. The van der Waals surface area contributed by atoms with E-state index < -0.39 is 0 Å². The second-order valence-corrected chi connectivity index (χ2v) is 3.03. The average molecular weight is 169 g/mol. The zero-order valence-corrected chi connectivity index (χ0v) is 6.63. The van der Waals surface area contributed by atoms with E-state index in [1.807, 2.05) is 16.8 Å². The van der Waals surface area contributed by atoms with E-state index in [0.29, 0.717) is 13.2 Å². The van der Waals surface area contributed by atoms with Crippen molar-refractivity contribution in [2.45, 2.75) is 0 Å². The van der Waals surface area contributed by atoms with Gasteiger partial charge in [-0.05, 0) is 11.4 Å². The first-order valence-corrected chi connectivity index (χ1v) is 4.29. The molecule has 0 unspecified atom stereocenters. The number of carbonyl (C=O) groups is 1. The maximum atomic E-state index is 11.0. The first kappa shape index (κ1) is 6.67. The van der Waals surface area contributed by atoms with E-state index in [1.165, 1.54) is 0 Å². The highest BCUT2D eigenvalue weighted by molar-refractivity contribution is 7.08. The van der Waals surface area contributed by atoms with E-state index in [0.717, 1.165) is 5.69 Å². The normalized spacial score (nSPS) is 17.1. The molecule has 1 fully saturated rings. The van der Waals surface area contributed by atoms with Gasteiger partial charge in [-0.2, -0.15) is 11.3 Å². The van der Waals surface area contributed by atoms with Crippen molar-refractivity contribution < 1.29 is 9.53 Å². The Balaban J connectivity index is 2.23. The Morgan fingerprint density at radius 3 is 3.09 bits per heavy atom. The van der Waals surface area contributed by atoms with Gasteiger partial charge in [0.05, 0.1) is 12.2 Å². The van der Waals surface area contributed by atoms with Gasteiger partial charge in [-0.25, -0.2) is 4.79 Å². The van der Waals surface area contributed by atoms with E-state index in [4.69, 9.17) is 4.74 Å². The number of ether oxygens (including phenoxy) is 1. The van der Waals surface area contributed by atoms with Gasteiger partial charge in [-0.15, -0.1) is 0 Å². The number of hydrogen-bond donors (Lipinski definition) is 0. The molecule has 1 aromatic heterocycles. The van der Waals surface area contributed by atoms with Crippen molar-refractivity contribution in [2.75, 3.05) is 18.1 Å². The minimum atomic E-state index is -0.233. The highest BCUT2D eigenvalue weighted by Crippen LogP contribution is 2.20. The molecule has 1 amide bonds. The Morgan fingerprint density at radius 2 is 2.55 bits per heavy atom. The van der Waals surface area contributed by atoms with Crippen molar-refractivity contribution in [3.05, 3.63) is 16.8 Å². The molecule has 1 saturated heterocycles. The van der Waals surface area contributed by atoms with E-state index in [1.54, 1.807) is 16.2 Å². The maximum absolute atomic E-state index is 11.0. The van der Waals surface area contributed by atoms with Crippen molar-refractivity contribution in [3.63, 3.8) is 0 Å². The van der Waals surface area contributed by atoms with E-state index in [9.17, 15) is 4.79 Å². The minimum Gasteiger partial charge on any atom is -0.447 e. The number of hydrogen-bond acceptors (Lipinski definition) is 3. The molecule has 58 valence electrons. The summed E-state index contributed by atoms with van der Waals surface area (Å²) in [5.41, 5.74) is 0.942. The molecule has 2 rings (SSSR count). The Kier molecular flexibility index (Phi) is 1.54. The van der Waals surface area contributed by atoms with Crippen LogP contribution in [0.25, 0.3) is 0 Å². The highest BCUT2D eigenvalue weighted by Gasteiger charge is 2.23. The lowest BCUT2D eigenvalue weighted by atomic mass is 10.4. The van der Waals surface area contributed by atoms with E-state index in [-0.39, 0.29) is 6.09 Å². The van der Waals surface area contributed by atoms with Gasteiger partial charge in [0.15, 0.2) is 0 Å². The fraction of sp³-hybridized carbons (Fsp3) is 0.286. The van der Waals surface area contributed by atoms with Crippen molar-refractivity contribution in [2.24, 2.45) is 0 Å². The summed E-state index contributed by atoms with van der Waals surface area (Å²) in [5, 5.41) is 3.88. The zero-order valence-electron chi connectivity index (χ0n) is 5.82. The van der Waals surface area contributed by atoms with Gasteiger partial charge in [0.25, 0.3) is 0 Å². The van der Waals surface area contributed by atoms with Crippen LogP contribution in [-0.2, 0) is 4.74 Å². The molecule has 0 aliphatic carbocycles. The van der Waals surface area contributed by atoms with E-state index >= 15 is 0 Å². The lowest BCUT2D eigenvalue weighted by Gasteiger charge is -2.08. The van der Waals surface area contributed by atoms with Crippen LogP contribution < -0.4 is 4.90 Å². The Labute approximate surface area is 68.2 Å². The summed E-state index contributed by atoms with van der Waals surface area (Å²) in [7, 11) is 0. The molecular weight excluding hydrogens is 162 g/mol. The van der Waals surface area contributed by atoms with Crippen molar-refractivity contribution in [1.82, 2.24) is 0 Å². The molecule has 0 aromatic carbocycles. The summed E-state index contributed by atoms with van der Waals surface area (Å²) in [6.07, 6.45) is -0.233. The smallest absolute Gasteiger partial charge is 0.414 e. The van der Waals surface area contributed by atoms with Gasteiger partial charge >= 0.3 is 6.09 Å². The summed E-state index contributed by atoms with van der Waals surface area (Å²) in [6.45, 7) is 1.18. The molecular formula is C7H7NO2S. The maximum Gasteiger partial charge on any atom is 0.414 e. The second kappa shape index (κ2) is 2.54. The number of thiophene rings is 1. The number of amides is 1. The van der Waals surface area contributed by atoms with Crippen LogP contribution in [0.3, 0.4) is 0 Å². The Hall–Kier alpha value is -1.03. The molecule has 0 atom stereocenters. The number of cyclic esters (lactones) is 1. The van der Waals surface area contributed by atoms with Crippen LogP contribution >= 0.6 is 11.3 Å². The van der Waals surface area contributed by atoms with E-state index in [2.05, 4.69) is 0 Å². The lowest BCUT2D eigenvalue weighted by Crippen LogP contribution is -2.22. The molecule has 0 bridgehead atoms. The molecule has 0 spiro atoms. The SMILES string of the molecule is O=C1OCCN1c1ccsc1. The first-order valence-electron chi connectivity index (χ1n) is 3.34. The van der Waals surface area contributed by atoms with Crippen molar-refractivity contribution in [3.8, 4) is 0 Å². The molecule has 1 aliphatic rings. The summed E-state index contributed by atoms with van der Waals surface area (Å²) in [4.78, 5) is 12.6. The summed E-state index contributed by atoms with van der Waals surface area (Å²) < 4.78 is 4.78. The summed E-state index contributed by atoms with van der Waals surface area (Å²) in [5.74, 6) is 0. The fourth-order valence-electron chi connectivity index (χ4n) is 1.04. The molecule has 0 saturated carbocycles. The van der Waals surface area contributed by atoms with Crippen LogP contribution in [-0.4, -0.2) is 19.2 Å². The van der Waals surface area contributed by atoms with Crippen molar-refractivity contribution in [1.29, 1.82) is 0 Å². The predicted octanol–water partition coefficient (Wildman–Crippen LogP) is 1.70. The average Bonchev–Trinajstić information content (AvgIpc) is 2.55.